The number of carboxylic acids is 1. The Morgan fingerprint density at radius 2 is 0.651 bits per heavy atom. The van der Waals surface area contributed by atoms with Crippen LogP contribution in [-0.4, -0.2) is 87.4 Å². The molecule has 1 N–H and O–H groups in total. The largest absolute Gasteiger partial charge is 0.477 e. The van der Waals surface area contributed by atoms with Gasteiger partial charge in [-0.15, -0.1) is 0 Å². The van der Waals surface area contributed by atoms with E-state index < -0.39 is 24.3 Å². The molecule has 466 valence electrons. The molecule has 0 aromatic rings. The molecule has 0 spiro atoms. The molecule has 0 aliphatic carbocycles. The fourth-order valence-corrected chi connectivity index (χ4v) is 8.09. The zero-order chi connectivity index (χ0) is 60.5. The van der Waals surface area contributed by atoms with Crippen LogP contribution in [0.1, 0.15) is 219 Å². The van der Waals surface area contributed by atoms with E-state index in [-0.39, 0.29) is 38.6 Å². The average molecular weight is 1150 g/mol. The van der Waals surface area contributed by atoms with E-state index in [1.807, 2.05) is 21.1 Å². The van der Waals surface area contributed by atoms with Crippen molar-refractivity contribution in [2.75, 3.05) is 47.5 Å². The summed E-state index contributed by atoms with van der Waals surface area (Å²) in [6.45, 7) is 4.58. The second kappa shape index (κ2) is 62.7. The minimum Gasteiger partial charge on any atom is -0.477 e. The Balaban J connectivity index is 4.33. The van der Waals surface area contributed by atoms with Crippen LogP contribution in [0.25, 0.3) is 0 Å². The van der Waals surface area contributed by atoms with E-state index >= 15 is 0 Å². The molecule has 9 heteroatoms. The van der Waals surface area contributed by atoms with Crippen LogP contribution in [-0.2, 0) is 33.3 Å². The number of hydrogen-bond acceptors (Lipinski definition) is 7. The van der Waals surface area contributed by atoms with Crippen molar-refractivity contribution in [2.45, 2.75) is 232 Å². The normalized spacial score (nSPS) is 13.9. The highest BCUT2D eigenvalue weighted by Crippen LogP contribution is 2.15. The lowest BCUT2D eigenvalue weighted by Crippen LogP contribution is -2.40. The molecular formula is C74H118NO8+. The first-order valence-corrected chi connectivity index (χ1v) is 32.3. The van der Waals surface area contributed by atoms with Gasteiger partial charge >= 0.3 is 17.9 Å². The Morgan fingerprint density at radius 3 is 0.988 bits per heavy atom. The summed E-state index contributed by atoms with van der Waals surface area (Å²) in [4.78, 5) is 37.5. The van der Waals surface area contributed by atoms with Crippen molar-refractivity contribution >= 4 is 17.9 Å². The van der Waals surface area contributed by atoms with Crippen LogP contribution in [0.4, 0.5) is 0 Å². The van der Waals surface area contributed by atoms with Gasteiger partial charge in [-0.3, -0.25) is 9.59 Å². The topological polar surface area (TPSA) is 108 Å². The number of esters is 2. The number of nitrogens with zero attached hydrogens (tertiary/aromatic N) is 1. The molecule has 0 amide bonds. The second-order valence-corrected chi connectivity index (χ2v) is 22.0. The van der Waals surface area contributed by atoms with Crippen LogP contribution in [0.15, 0.2) is 170 Å². The number of carbonyl (C=O) groups excluding carboxylic acids is 2. The van der Waals surface area contributed by atoms with Crippen molar-refractivity contribution in [1.82, 2.24) is 0 Å². The maximum Gasteiger partial charge on any atom is 0.361 e. The molecule has 0 heterocycles. The Morgan fingerprint density at radius 1 is 0.361 bits per heavy atom. The number of allylic oxidation sites excluding steroid dienone is 28. The summed E-state index contributed by atoms with van der Waals surface area (Å²) in [7, 11) is 5.94. The molecule has 0 saturated carbocycles. The zero-order valence-corrected chi connectivity index (χ0v) is 53.0. The molecular weight excluding hydrogens is 1030 g/mol. The molecule has 0 radical (unpaired) electrons. The van der Waals surface area contributed by atoms with Gasteiger partial charge < -0.3 is 28.5 Å². The van der Waals surface area contributed by atoms with E-state index in [1.54, 1.807) is 0 Å². The molecule has 0 bridgehead atoms. The summed E-state index contributed by atoms with van der Waals surface area (Å²) < 4.78 is 22.9. The number of carbonyl (C=O) groups is 3. The third-order valence-electron chi connectivity index (χ3n) is 13.0. The molecule has 0 saturated heterocycles. The van der Waals surface area contributed by atoms with Gasteiger partial charge in [0, 0.05) is 12.8 Å². The summed E-state index contributed by atoms with van der Waals surface area (Å²) in [5.41, 5.74) is 0. The van der Waals surface area contributed by atoms with E-state index in [2.05, 4.69) is 184 Å². The van der Waals surface area contributed by atoms with E-state index in [1.165, 1.54) is 64.2 Å². The summed E-state index contributed by atoms with van der Waals surface area (Å²) in [5.74, 6) is -2.09. The van der Waals surface area contributed by atoms with E-state index in [9.17, 15) is 19.5 Å². The number of hydrogen-bond donors (Lipinski definition) is 1. The number of carboxylic acid groups (broad SMARTS) is 1. The second-order valence-electron chi connectivity index (χ2n) is 22.0. The van der Waals surface area contributed by atoms with Crippen LogP contribution in [0.2, 0.25) is 0 Å². The van der Waals surface area contributed by atoms with Crippen molar-refractivity contribution in [3.8, 4) is 0 Å². The van der Waals surface area contributed by atoms with Crippen LogP contribution in [0.5, 0.6) is 0 Å². The molecule has 0 aliphatic heterocycles. The Bertz CT molecular complexity index is 1960. The Kier molecular flexibility index (Phi) is 58.6. The third kappa shape index (κ3) is 64.1. The van der Waals surface area contributed by atoms with E-state index in [0.717, 1.165) is 122 Å². The lowest BCUT2D eigenvalue weighted by molar-refractivity contribution is -0.870. The SMILES string of the molecule is CC/C=C\C/C=C\C/C=C\C/C=C\C/C=C\C/C=C\C/C=C\C/C=C\C/C=C\C/C=C\CCCCC(=O)OC(COC(=O)CCCCCCCCCCCCCC/C=C\C/C=C\C/C=C\C/C=C\CC)COC(OCC[N+](C)(C)C)C(=O)O. The molecule has 0 rings (SSSR count). The molecule has 0 aromatic heterocycles. The minimum atomic E-state index is -1.54. The number of rotatable bonds is 57. The van der Waals surface area contributed by atoms with Gasteiger partial charge in [0.15, 0.2) is 6.10 Å². The van der Waals surface area contributed by atoms with Crippen LogP contribution >= 0.6 is 0 Å². The van der Waals surface area contributed by atoms with Gasteiger partial charge in [-0.05, 0) is 128 Å². The van der Waals surface area contributed by atoms with Crippen molar-refractivity contribution < 1.29 is 42.9 Å². The predicted molar refractivity (Wildman–Crippen MR) is 354 cm³/mol. The fourth-order valence-electron chi connectivity index (χ4n) is 8.09. The number of ether oxygens (including phenoxy) is 4. The lowest BCUT2D eigenvalue weighted by Gasteiger charge is -2.25. The number of aliphatic carboxylic acids is 1. The zero-order valence-electron chi connectivity index (χ0n) is 53.0. The molecule has 83 heavy (non-hydrogen) atoms. The Labute approximate surface area is 507 Å². The molecule has 2 unspecified atom stereocenters. The van der Waals surface area contributed by atoms with Gasteiger partial charge in [0.25, 0.3) is 6.29 Å². The summed E-state index contributed by atoms with van der Waals surface area (Å²) in [6, 6.07) is 0. The minimum absolute atomic E-state index is 0.169. The van der Waals surface area contributed by atoms with Gasteiger partial charge in [0.05, 0.1) is 34.4 Å². The number of likely N-dealkylation sites (N-methyl/N-ethyl adjacent to an activating group) is 1. The third-order valence-corrected chi connectivity index (χ3v) is 13.0. The highest BCUT2D eigenvalue weighted by molar-refractivity contribution is 5.71. The molecule has 0 aromatic carbocycles. The first-order chi connectivity index (χ1) is 40.6. The lowest BCUT2D eigenvalue weighted by atomic mass is 10.0. The smallest absolute Gasteiger partial charge is 0.361 e. The monoisotopic (exact) mass is 1150 g/mol. The number of quaternary nitrogens is 1. The summed E-state index contributed by atoms with van der Waals surface area (Å²) >= 11 is 0. The first-order valence-electron chi connectivity index (χ1n) is 32.3. The van der Waals surface area contributed by atoms with Gasteiger partial charge in [-0.2, -0.15) is 0 Å². The van der Waals surface area contributed by atoms with Crippen LogP contribution in [0, 0.1) is 0 Å². The molecule has 2 atom stereocenters. The molecule has 0 aliphatic rings. The summed E-state index contributed by atoms with van der Waals surface area (Å²) in [5, 5.41) is 9.73. The highest BCUT2D eigenvalue weighted by atomic mass is 16.7. The summed E-state index contributed by atoms with van der Waals surface area (Å²) in [6.07, 6.45) is 91.6. The molecule has 9 nitrogen and oxygen atoms in total. The average Bonchev–Trinajstić information content (AvgIpc) is 3.46. The fraction of sp³-hybridized carbons (Fsp3) is 0.581. The first kappa shape index (κ1) is 77.7. The maximum absolute atomic E-state index is 12.9. The predicted octanol–water partition coefficient (Wildman–Crippen LogP) is 19.9. The van der Waals surface area contributed by atoms with E-state index in [4.69, 9.17) is 18.9 Å². The van der Waals surface area contributed by atoms with Gasteiger partial charge in [-0.1, -0.05) is 248 Å². The van der Waals surface area contributed by atoms with Gasteiger partial charge in [0.2, 0.25) is 0 Å². The number of unbranched alkanes of at least 4 members (excludes halogenated alkanes) is 14. The van der Waals surface area contributed by atoms with Crippen molar-refractivity contribution in [2.24, 2.45) is 0 Å². The Hall–Kier alpha value is -5.35. The maximum atomic E-state index is 12.9. The van der Waals surface area contributed by atoms with Crippen molar-refractivity contribution in [1.29, 1.82) is 0 Å². The van der Waals surface area contributed by atoms with Crippen molar-refractivity contribution in [3.63, 3.8) is 0 Å². The molecule has 0 fully saturated rings. The van der Waals surface area contributed by atoms with E-state index in [0.29, 0.717) is 17.4 Å². The van der Waals surface area contributed by atoms with Crippen molar-refractivity contribution in [3.05, 3.63) is 170 Å². The quantitative estimate of drug-likeness (QED) is 0.0211. The van der Waals surface area contributed by atoms with Gasteiger partial charge in [-0.25, -0.2) is 4.79 Å². The standard InChI is InChI=1S/C74H117NO8/c1-6-8-10-12-14-16-18-20-22-24-26-28-30-32-33-34-35-36-37-38-39-41-43-45-47-49-51-53-55-57-59-61-63-65-72(77)83-70(69-82-74(73(78)79)80-67-66-75(3,4)5)68-81-71(76)64-62-60-58-56-54-52-50-48-46-44-42-40-31-29-27-25-23-21-19-17-15-13-11-9-7-2/h8-11,14-17,20-23,26-29,32-33,35-36,38-39,43,45,49,51,55,57,70,74H,6-7,12-13,18-19,24-25,30-31,34,37,40-42,44,46-48,50,52-54,56,58-69H2,1-5H3/p+1/b10-8-,11-9-,16-14-,17-15-,22-20-,23-21-,28-26-,29-27-,33-32-,36-35-,39-38-,45-43-,51-49-,57-55-. The van der Waals surface area contributed by atoms with Crippen LogP contribution in [0.3, 0.4) is 0 Å². The highest BCUT2D eigenvalue weighted by Gasteiger charge is 2.25. The van der Waals surface area contributed by atoms with Gasteiger partial charge in [0.1, 0.15) is 13.2 Å². The van der Waals surface area contributed by atoms with Crippen LogP contribution < -0.4 is 0 Å².